The van der Waals surface area contributed by atoms with Gasteiger partial charge in [0.05, 0.1) is 24.6 Å². The molecule has 210 valence electrons. The van der Waals surface area contributed by atoms with Crippen LogP contribution in [0.25, 0.3) is 0 Å². The van der Waals surface area contributed by atoms with Crippen molar-refractivity contribution in [2.24, 2.45) is 0 Å². The second kappa shape index (κ2) is 13.7. The third-order valence-electron chi connectivity index (χ3n) is 7.17. The Morgan fingerprint density at radius 1 is 1.05 bits per heavy atom. The SMILES string of the molecule is COCCN(CC(=O)N(Cc1cccn1Cc1ccc(Br)cc1)C1CCCCC1)S(=O)(=O)c1ccc(F)cc1. The second-order valence-electron chi connectivity index (χ2n) is 9.85. The van der Waals surface area contributed by atoms with E-state index < -0.39 is 15.8 Å². The third-order valence-corrected chi connectivity index (χ3v) is 9.55. The molecule has 0 spiro atoms. The van der Waals surface area contributed by atoms with Crippen molar-refractivity contribution >= 4 is 31.9 Å². The molecule has 7 nitrogen and oxygen atoms in total. The zero-order valence-electron chi connectivity index (χ0n) is 22.1. The number of nitrogens with zero attached hydrogens (tertiary/aromatic N) is 3. The maximum atomic E-state index is 13.9. The minimum atomic E-state index is -4.03. The topological polar surface area (TPSA) is 71.8 Å². The molecular weight excluding hydrogens is 585 g/mol. The lowest BCUT2D eigenvalue weighted by Gasteiger charge is -2.36. The summed E-state index contributed by atoms with van der Waals surface area (Å²) < 4.78 is 49.8. The quantitative estimate of drug-likeness (QED) is 0.271. The Balaban J connectivity index is 1.58. The van der Waals surface area contributed by atoms with Crippen LogP contribution in [0, 0.1) is 5.82 Å². The van der Waals surface area contributed by atoms with Crippen molar-refractivity contribution in [1.29, 1.82) is 0 Å². The maximum absolute atomic E-state index is 13.9. The number of methoxy groups -OCH3 is 1. The molecule has 1 aromatic heterocycles. The zero-order chi connectivity index (χ0) is 27.8. The molecular formula is C29H35BrFN3O4S. The van der Waals surface area contributed by atoms with Gasteiger partial charge < -0.3 is 14.2 Å². The molecule has 0 radical (unpaired) electrons. The van der Waals surface area contributed by atoms with Crippen LogP contribution >= 0.6 is 15.9 Å². The van der Waals surface area contributed by atoms with Gasteiger partial charge in [0.25, 0.3) is 0 Å². The highest BCUT2D eigenvalue weighted by Gasteiger charge is 2.32. The molecule has 0 saturated heterocycles. The summed E-state index contributed by atoms with van der Waals surface area (Å²) in [6.07, 6.45) is 7.00. The number of sulfonamides is 1. The average molecular weight is 621 g/mol. The molecule has 4 rings (SSSR count). The lowest BCUT2D eigenvalue weighted by molar-refractivity contribution is -0.135. The van der Waals surface area contributed by atoms with Crippen LogP contribution < -0.4 is 0 Å². The molecule has 1 heterocycles. The molecule has 0 N–H and O–H groups in total. The minimum Gasteiger partial charge on any atom is -0.383 e. The van der Waals surface area contributed by atoms with Gasteiger partial charge in [-0.05, 0) is 66.9 Å². The van der Waals surface area contributed by atoms with Crippen molar-refractivity contribution in [3.63, 3.8) is 0 Å². The van der Waals surface area contributed by atoms with Crippen molar-refractivity contribution in [2.75, 3.05) is 26.8 Å². The van der Waals surface area contributed by atoms with Gasteiger partial charge >= 0.3 is 0 Å². The molecule has 3 aromatic rings. The lowest BCUT2D eigenvalue weighted by Crippen LogP contribution is -2.48. The number of hydrogen-bond acceptors (Lipinski definition) is 4. The number of benzene rings is 2. The normalized spacial score (nSPS) is 14.6. The highest BCUT2D eigenvalue weighted by atomic mass is 79.9. The minimum absolute atomic E-state index is 0.0143. The number of ether oxygens (including phenoxy) is 1. The van der Waals surface area contributed by atoms with Crippen molar-refractivity contribution in [1.82, 2.24) is 13.8 Å². The fraction of sp³-hybridized carbons (Fsp3) is 0.414. The van der Waals surface area contributed by atoms with Crippen LogP contribution in [0.15, 0.2) is 76.2 Å². The van der Waals surface area contributed by atoms with Gasteiger partial charge in [0.2, 0.25) is 15.9 Å². The molecule has 1 amide bonds. The van der Waals surface area contributed by atoms with Crippen LogP contribution in [0.5, 0.6) is 0 Å². The van der Waals surface area contributed by atoms with Crippen LogP contribution in [0.4, 0.5) is 4.39 Å². The first kappa shape index (κ1) is 29.5. The molecule has 0 unspecified atom stereocenters. The number of carbonyl (C=O) groups excluding carboxylic acids is 1. The van der Waals surface area contributed by atoms with E-state index in [9.17, 15) is 17.6 Å². The Kier molecular flexibility index (Phi) is 10.3. The van der Waals surface area contributed by atoms with Crippen LogP contribution in [-0.2, 0) is 32.6 Å². The number of aromatic nitrogens is 1. The predicted octanol–water partition coefficient (Wildman–Crippen LogP) is 5.44. The molecule has 0 bridgehead atoms. The number of halogens is 2. The van der Waals surface area contributed by atoms with Crippen molar-refractivity contribution in [2.45, 2.75) is 56.1 Å². The number of amides is 1. The molecule has 1 fully saturated rings. The molecule has 0 atom stereocenters. The smallest absolute Gasteiger partial charge is 0.243 e. The Bertz CT molecular complexity index is 1320. The van der Waals surface area contributed by atoms with Gasteiger partial charge in [-0.1, -0.05) is 47.3 Å². The lowest BCUT2D eigenvalue weighted by atomic mass is 9.94. The fourth-order valence-corrected chi connectivity index (χ4v) is 6.63. The van der Waals surface area contributed by atoms with E-state index >= 15 is 0 Å². The molecule has 1 saturated carbocycles. The van der Waals surface area contributed by atoms with E-state index in [-0.39, 0.29) is 36.5 Å². The van der Waals surface area contributed by atoms with Gasteiger partial charge in [0, 0.05) is 42.6 Å². The summed E-state index contributed by atoms with van der Waals surface area (Å²) in [6, 6.07) is 16.8. The summed E-state index contributed by atoms with van der Waals surface area (Å²) in [4.78, 5) is 15.7. The summed E-state index contributed by atoms with van der Waals surface area (Å²) in [7, 11) is -2.55. The summed E-state index contributed by atoms with van der Waals surface area (Å²) >= 11 is 3.48. The van der Waals surface area contributed by atoms with Crippen molar-refractivity contribution in [3.8, 4) is 0 Å². The van der Waals surface area contributed by atoms with E-state index in [0.29, 0.717) is 13.1 Å². The average Bonchev–Trinajstić information content (AvgIpc) is 3.37. The standard InChI is InChI=1S/C29H35BrFN3O4S/c1-38-19-18-33(39(36,37)28-15-13-25(31)14-16-28)22-29(35)34(26-6-3-2-4-7-26)21-27-8-5-17-32(27)20-23-9-11-24(30)12-10-23/h5,8-17,26H,2-4,6-7,18-22H2,1H3. The second-order valence-corrected chi connectivity index (χ2v) is 12.7. The Morgan fingerprint density at radius 3 is 2.41 bits per heavy atom. The van der Waals surface area contributed by atoms with Gasteiger partial charge in [-0.2, -0.15) is 4.31 Å². The van der Waals surface area contributed by atoms with E-state index in [1.54, 1.807) is 0 Å². The summed E-state index contributed by atoms with van der Waals surface area (Å²) in [5, 5.41) is 0. The van der Waals surface area contributed by atoms with Crippen LogP contribution in [0.3, 0.4) is 0 Å². The first-order valence-electron chi connectivity index (χ1n) is 13.2. The van der Waals surface area contributed by atoms with E-state index in [0.717, 1.165) is 64.3 Å². The third kappa shape index (κ3) is 7.78. The largest absolute Gasteiger partial charge is 0.383 e. The summed E-state index contributed by atoms with van der Waals surface area (Å²) in [5.74, 6) is -0.775. The van der Waals surface area contributed by atoms with Gasteiger partial charge in [0.1, 0.15) is 5.82 Å². The van der Waals surface area contributed by atoms with Crippen LogP contribution in [-0.4, -0.2) is 60.9 Å². The molecule has 1 aliphatic carbocycles. The zero-order valence-corrected chi connectivity index (χ0v) is 24.5. The molecule has 39 heavy (non-hydrogen) atoms. The van der Waals surface area contributed by atoms with Gasteiger partial charge in [-0.25, -0.2) is 12.8 Å². The molecule has 2 aromatic carbocycles. The molecule has 10 heteroatoms. The van der Waals surface area contributed by atoms with Crippen molar-refractivity contribution < 1.29 is 22.3 Å². The Labute approximate surface area is 238 Å². The predicted molar refractivity (Wildman–Crippen MR) is 152 cm³/mol. The highest BCUT2D eigenvalue weighted by Crippen LogP contribution is 2.26. The molecule has 0 aliphatic heterocycles. The first-order chi connectivity index (χ1) is 18.8. The number of hydrogen-bond donors (Lipinski definition) is 0. The summed E-state index contributed by atoms with van der Waals surface area (Å²) in [6.45, 7) is 0.892. The number of rotatable bonds is 12. The Morgan fingerprint density at radius 2 is 1.74 bits per heavy atom. The van der Waals surface area contributed by atoms with Crippen molar-refractivity contribution in [3.05, 3.63) is 88.4 Å². The first-order valence-corrected chi connectivity index (χ1v) is 15.4. The Hall–Kier alpha value is -2.53. The maximum Gasteiger partial charge on any atom is 0.243 e. The van der Waals surface area contributed by atoms with Gasteiger partial charge in [0.15, 0.2) is 0 Å². The van der Waals surface area contributed by atoms with Gasteiger partial charge in [-0.15, -0.1) is 0 Å². The van der Waals surface area contributed by atoms with Crippen LogP contribution in [0.2, 0.25) is 0 Å². The van der Waals surface area contributed by atoms with E-state index in [2.05, 4.69) is 32.6 Å². The summed E-state index contributed by atoms with van der Waals surface area (Å²) in [5.41, 5.74) is 2.13. The monoisotopic (exact) mass is 619 g/mol. The van der Waals surface area contributed by atoms with Gasteiger partial charge in [-0.3, -0.25) is 4.79 Å². The van der Waals surface area contributed by atoms with E-state index in [4.69, 9.17) is 4.74 Å². The van der Waals surface area contributed by atoms with E-state index in [1.807, 2.05) is 35.4 Å². The van der Waals surface area contributed by atoms with Crippen LogP contribution in [0.1, 0.15) is 43.4 Å². The highest BCUT2D eigenvalue weighted by molar-refractivity contribution is 9.10. The molecule has 1 aliphatic rings. The number of carbonyl (C=O) groups is 1. The van der Waals surface area contributed by atoms with E-state index in [1.165, 1.54) is 19.2 Å². The fourth-order valence-electron chi connectivity index (χ4n) is 5.00.